The van der Waals surface area contributed by atoms with Crippen LogP contribution in [0, 0.1) is 0 Å². The number of aromatic nitrogens is 2. The van der Waals surface area contributed by atoms with Crippen molar-refractivity contribution in [3.63, 3.8) is 0 Å². The first kappa shape index (κ1) is 30.0. The fourth-order valence-corrected chi connectivity index (χ4v) is 6.27. The van der Waals surface area contributed by atoms with Gasteiger partial charge in [-0.25, -0.2) is 9.78 Å². The Hall–Kier alpha value is -4.04. The van der Waals surface area contributed by atoms with Crippen LogP contribution in [-0.4, -0.2) is 77.7 Å². The van der Waals surface area contributed by atoms with Crippen LogP contribution in [0.2, 0.25) is 0 Å². The van der Waals surface area contributed by atoms with Crippen LogP contribution in [0.5, 0.6) is 5.75 Å². The van der Waals surface area contributed by atoms with E-state index in [0.717, 1.165) is 86.0 Å². The second kappa shape index (κ2) is 12.9. The molecule has 1 atom stereocenters. The number of likely N-dealkylation sites (tertiary alicyclic amines) is 1. The smallest absolute Gasteiger partial charge is 0.322 e. The van der Waals surface area contributed by atoms with Crippen molar-refractivity contribution < 1.29 is 9.53 Å². The number of benzene rings is 3. The first-order valence-corrected chi connectivity index (χ1v) is 16.1. The van der Waals surface area contributed by atoms with Gasteiger partial charge in [0.15, 0.2) is 0 Å². The number of ether oxygens (including phenoxy) is 1. The van der Waals surface area contributed by atoms with E-state index in [0.29, 0.717) is 12.6 Å². The molecule has 0 spiro atoms. The van der Waals surface area contributed by atoms with Crippen molar-refractivity contribution in [1.29, 1.82) is 0 Å². The van der Waals surface area contributed by atoms with E-state index in [9.17, 15) is 4.79 Å². The van der Waals surface area contributed by atoms with Crippen LogP contribution in [0.4, 0.5) is 16.2 Å². The van der Waals surface area contributed by atoms with Gasteiger partial charge in [0.05, 0.1) is 11.2 Å². The summed E-state index contributed by atoms with van der Waals surface area (Å²) in [7, 11) is 0. The molecular weight excluding hydrogens is 548 g/mol. The monoisotopic (exact) mass is 594 g/mol. The predicted molar refractivity (Wildman–Crippen MR) is 180 cm³/mol. The predicted octanol–water partition coefficient (Wildman–Crippen LogP) is 7.13. The molecule has 2 aliphatic rings. The van der Waals surface area contributed by atoms with Gasteiger partial charge in [-0.05, 0) is 73.6 Å². The number of urea groups is 1. The van der Waals surface area contributed by atoms with E-state index in [-0.39, 0.29) is 11.4 Å². The Balaban J connectivity index is 0.987. The van der Waals surface area contributed by atoms with Gasteiger partial charge in [0.25, 0.3) is 0 Å². The Kier molecular flexibility index (Phi) is 8.80. The van der Waals surface area contributed by atoms with E-state index in [1.807, 2.05) is 29.2 Å². The molecule has 2 aliphatic heterocycles. The molecule has 2 saturated heterocycles. The van der Waals surface area contributed by atoms with Gasteiger partial charge >= 0.3 is 6.03 Å². The Bertz CT molecular complexity index is 1550. The minimum atomic E-state index is -0.0140. The molecule has 232 valence electrons. The Morgan fingerprint density at radius 3 is 2.41 bits per heavy atom. The number of rotatable bonds is 7. The molecule has 2 amide bonds. The van der Waals surface area contributed by atoms with Gasteiger partial charge in [0.2, 0.25) is 0 Å². The van der Waals surface area contributed by atoms with Crippen LogP contribution < -0.4 is 15.0 Å². The second-order valence-corrected chi connectivity index (χ2v) is 13.3. The third-order valence-corrected chi connectivity index (χ3v) is 9.07. The number of fused-ring (bicyclic) bond motifs is 1. The average Bonchev–Trinajstić information content (AvgIpc) is 3.47. The number of nitrogens with zero attached hydrogens (tertiary/aromatic N) is 4. The van der Waals surface area contributed by atoms with Gasteiger partial charge < -0.3 is 24.8 Å². The van der Waals surface area contributed by atoms with Crippen molar-refractivity contribution >= 4 is 28.4 Å². The lowest BCUT2D eigenvalue weighted by atomic mass is 9.87. The number of aromatic amines is 1. The molecule has 0 radical (unpaired) electrons. The van der Waals surface area contributed by atoms with Crippen molar-refractivity contribution in [3.8, 4) is 17.1 Å². The largest absolute Gasteiger partial charge is 0.492 e. The molecule has 4 aromatic rings. The first-order valence-electron chi connectivity index (χ1n) is 16.1. The molecule has 2 N–H and O–H groups in total. The summed E-state index contributed by atoms with van der Waals surface area (Å²) in [6.45, 7) is 15.0. The summed E-state index contributed by atoms with van der Waals surface area (Å²) in [6, 6.07) is 23.2. The number of hydrogen-bond donors (Lipinski definition) is 2. The Labute approximate surface area is 261 Å². The number of para-hydroxylation sites is 1. The van der Waals surface area contributed by atoms with E-state index < -0.39 is 0 Å². The highest BCUT2D eigenvalue weighted by molar-refractivity contribution is 5.91. The Morgan fingerprint density at radius 1 is 0.955 bits per heavy atom. The summed E-state index contributed by atoms with van der Waals surface area (Å²) in [4.78, 5) is 28.1. The lowest BCUT2D eigenvalue weighted by Gasteiger charge is -2.36. The van der Waals surface area contributed by atoms with Crippen LogP contribution in [0.15, 0.2) is 66.7 Å². The fourth-order valence-electron chi connectivity index (χ4n) is 6.27. The molecule has 8 nitrogen and oxygen atoms in total. The number of imidazole rings is 1. The van der Waals surface area contributed by atoms with Gasteiger partial charge in [-0.1, -0.05) is 51.1 Å². The molecular formula is C36H46N6O2. The lowest BCUT2D eigenvalue weighted by molar-refractivity contribution is 0.170. The number of amides is 2. The van der Waals surface area contributed by atoms with Crippen LogP contribution in [0.25, 0.3) is 22.4 Å². The van der Waals surface area contributed by atoms with Gasteiger partial charge in [0, 0.05) is 56.6 Å². The summed E-state index contributed by atoms with van der Waals surface area (Å²) in [5.74, 6) is 1.73. The number of hydrogen-bond acceptors (Lipinski definition) is 5. The van der Waals surface area contributed by atoms with Gasteiger partial charge in [0.1, 0.15) is 23.7 Å². The summed E-state index contributed by atoms with van der Waals surface area (Å²) >= 11 is 0. The zero-order chi connectivity index (χ0) is 30.7. The number of carbonyl (C=O) groups excluding carboxylic acids is 1. The summed E-state index contributed by atoms with van der Waals surface area (Å²) in [5, 5.41) is 3.03. The van der Waals surface area contributed by atoms with Crippen molar-refractivity contribution in [2.75, 3.05) is 56.1 Å². The van der Waals surface area contributed by atoms with Crippen LogP contribution in [-0.2, 0) is 5.41 Å². The molecule has 3 aromatic carbocycles. The number of H-pyrrole nitrogens is 1. The molecule has 3 heterocycles. The van der Waals surface area contributed by atoms with Gasteiger partial charge in [-0.15, -0.1) is 0 Å². The van der Waals surface area contributed by atoms with Crippen molar-refractivity contribution in [3.05, 3.63) is 72.3 Å². The normalized spacial score (nSPS) is 18.0. The first-order chi connectivity index (χ1) is 21.2. The van der Waals surface area contributed by atoms with Gasteiger partial charge in [-0.2, -0.15) is 0 Å². The van der Waals surface area contributed by atoms with Gasteiger partial charge in [-0.3, -0.25) is 4.90 Å². The fraction of sp³-hybridized carbons (Fsp3) is 0.444. The number of carbonyl (C=O) groups is 1. The molecule has 8 heteroatoms. The van der Waals surface area contributed by atoms with E-state index in [4.69, 9.17) is 9.72 Å². The summed E-state index contributed by atoms with van der Waals surface area (Å²) < 4.78 is 6.05. The molecule has 1 unspecified atom stereocenters. The van der Waals surface area contributed by atoms with E-state index >= 15 is 0 Å². The number of piperazine rings is 1. The third-order valence-electron chi connectivity index (χ3n) is 9.07. The minimum absolute atomic E-state index is 0.0140. The highest BCUT2D eigenvalue weighted by Crippen LogP contribution is 2.30. The molecule has 44 heavy (non-hydrogen) atoms. The van der Waals surface area contributed by atoms with Crippen molar-refractivity contribution in [1.82, 2.24) is 19.8 Å². The van der Waals surface area contributed by atoms with Crippen LogP contribution in [0.3, 0.4) is 0 Å². The molecule has 0 saturated carbocycles. The zero-order valence-corrected chi connectivity index (χ0v) is 26.6. The number of nitrogens with one attached hydrogen (secondary N) is 2. The topological polar surface area (TPSA) is 76.7 Å². The molecule has 2 fully saturated rings. The maximum atomic E-state index is 12.7. The molecule has 1 aromatic heterocycles. The highest BCUT2D eigenvalue weighted by Gasteiger charge is 2.23. The zero-order valence-electron chi connectivity index (χ0n) is 26.6. The van der Waals surface area contributed by atoms with Crippen LogP contribution in [0.1, 0.15) is 52.5 Å². The summed E-state index contributed by atoms with van der Waals surface area (Å²) in [5.41, 5.74) is 6.65. The van der Waals surface area contributed by atoms with E-state index in [2.05, 4.69) is 90.3 Å². The second-order valence-electron chi connectivity index (χ2n) is 13.3. The van der Waals surface area contributed by atoms with Crippen molar-refractivity contribution in [2.45, 2.75) is 58.4 Å². The quantitative estimate of drug-likeness (QED) is 0.238. The highest BCUT2D eigenvalue weighted by atomic mass is 16.5. The summed E-state index contributed by atoms with van der Waals surface area (Å²) in [6.07, 6.45) is 3.35. The van der Waals surface area contributed by atoms with Crippen molar-refractivity contribution in [2.24, 2.45) is 0 Å². The third kappa shape index (κ3) is 6.86. The lowest BCUT2D eigenvalue weighted by Crippen LogP contribution is -2.47. The van der Waals surface area contributed by atoms with E-state index in [1.54, 1.807) is 0 Å². The molecule has 6 rings (SSSR count). The van der Waals surface area contributed by atoms with E-state index in [1.165, 1.54) is 17.7 Å². The maximum Gasteiger partial charge on any atom is 0.322 e. The SMILES string of the molecule is CC1CCCCN1C(=O)Nc1ccc(OCCN2CCN(c3cccc4[nH]c(-c5ccc(C(C)(C)C)cc5)nc34)CC2)cc1. The maximum absolute atomic E-state index is 12.7. The number of piperidine rings is 1. The molecule has 0 aliphatic carbocycles. The molecule has 0 bridgehead atoms. The Morgan fingerprint density at radius 2 is 1.70 bits per heavy atom. The van der Waals surface area contributed by atoms with Crippen LogP contribution >= 0.6 is 0 Å². The number of anilines is 2. The minimum Gasteiger partial charge on any atom is -0.492 e. The average molecular weight is 595 g/mol. The standard InChI is InChI=1S/C36H46N6O2/c1-26-8-5-6-19-42(26)35(43)37-29-15-17-30(18-16-29)44-25-24-40-20-22-41(23-21-40)32-10-7-9-31-33(32)39-34(38-31)27-11-13-28(14-12-27)36(2,3)4/h7,9-18,26H,5-6,8,19-25H2,1-4H3,(H,37,43)(H,38,39).